The lowest BCUT2D eigenvalue weighted by atomic mass is 10.1. The number of aromatic nitrogens is 1. The van der Waals surface area contributed by atoms with Crippen LogP contribution in [-0.4, -0.2) is 68.9 Å². The predicted octanol–water partition coefficient (Wildman–Crippen LogP) is 4.82. The maximum atomic E-state index is 13.6. The summed E-state index contributed by atoms with van der Waals surface area (Å²) in [5.74, 6) is -0.0372. The molecule has 3 aromatic rings. The largest absolute Gasteiger partial charge is 0.379 e. The number of carbonyl (C=O) groups is 1. The molecule has 1 aliphatic heterocycles. The Morgan fingerprint density at radius 2 is 1.81 bits per heavy atom. The summed E-state index contributed by atoms with van der Waals surface area (Å²) in [6.45, 7) is 12.3. The molecule has 0 saturated carbocycles. The Hall–Kier alpha value is -2.04. The van der Waals surface area contributed by atoms with Crippen LogP contribution in [0.3, 0.4) is 0 Å². The van der Waals surface area contributed by atoms with Gasteiger partial charge in [-0.2, -0.15) is 0 Å². The van der Waals surface area contributed by atoms with Crippen molar-refractivity contribution in [3.05, 3.63) is 53.1 Å². The van der Waals surface area contributed by atoms with Gasteiger partial charge in [-0.15, -0.1) is 12.4 Å². The van der Waals surface area contributed by atoms with Gasteiger partial charge in [0.15, 0.2) is 15.0 Å². The molecule has 0 bridgehead atoms. The third kappa shape index (κ3) is 7.09. The number of carbonyl (C=O) groups excluding carboxylic acids is 1. The first kappa shape index (κ1) is 29.5. The van der Waals surface area contributed by atoms with E-state index in [0.717, 1.165) is 60.6 Å². The number of rotatable bonds is 9. The first-order valence-corrected chi connectivity index (χ1v) is 14.8. The van der Waals surface area contributed by atoms with Crippen LogP contribution in [0.1, 0.15) is 37.0 Å². The first-order valence-electron chi connectivity index (χ1n) is 12.5. The molecule has 4 rings (SSSR count). The highest BCUT2D eigenvalue weighted by Gasteiger charge is 2.23. The molecule has 1 aliphatic rings. The summed E-state index contributed by atoms with van der Waals surface area (Å²) in [5.41, 5.74) is 4.01. The van der Waals surface area contributed by atoms with Gasteiger partial charge < -0.3 is 4.74 Å². The average Bonchev–Trinajstić information content (AvgIpc) is 3.26. The number of hydrogen-bond donors (Lipinski definition) is 0. The molecule has 0 aliphatic carbocycles. The number of benzene rings is 2. The minimum atomic E-state index is -3.34. The van der Waals surface area contributed by atoms with Gasteiger partial charge >= 0.3 is 0 Å². The topological polar surface area (TPSA) is 79.8 Å². The highest BCUT2D eigenvalue weighted by molar-refractivity contribution is 7.92. The van der Waals surface area contributed by atoms with Crippen molar-refractivity contribution in [3.8, 4) is 0 Å². The number of fused-ring (bicyclic) bond motifs is 1. The lowest BCUT2D eigenvalue weighted by Crippen LogP contribution is -2.39. The molecule has 1 aromatic heterocycles. The third-order valence-corrected chi connectivity index (χ3v) is 9.73. The molecule has 0 N–H and O–H groups in total. The SMILES string of the molecule is Cc1cc(C)c2nc(N(CCCN3CCOCC3)C(=O)Cc3ccc(S(=O)(=O)C(C)C)cc3)sc2c1.Cl. The van der Waals surface area contributed by atoms with E-state index in [1.165, 1.54) is 5.56 Å². The van der Waals surface area contributed by atoms with E-state index in [0.29, 0.717) is 11.7 Å². The van der Waals surface area contributed by atoms with E-state index in [1.807, 2.05) is 0 Å². The maximum Gasteiger partial charge on any atom is 0.233 e. The molecule has 1 saturated heterocycles. The molecule has 0 spiro atoms. The molecule has 1 amide bonds. The Morgan fingerprint density at radius 1 is 1.14 bits per heavy atom. The Balaban J connectivity index is 0.00000380. The van der Waals surface area contributed by atoms with Gasteiger partial charge in [0.05, 0.1) is 40.0 Å². The fourth-order valence-corrected chi connectivity index (χ4v) is 6.66. The van der Waals surface area contributed by atoms with Gasteiger partial charge in [-0.3, -0.25) is 14.6 Å². The molecule has 37 heavy (non-hydrogen) atoms. The lowest BCUT2D eigenvalue weighted by Gasteiger charge is -2.27. The zero-order valence-corrected chi connectivity index (χ0v) is 24.3. The number of sulfone groups is 1. The Morgan fingerprint density at radius 3 is 2.46 bits per heavy atom. The molecular formula is C27H36ClN3O4S2. The minimum Gasteiger partial charge on any atom is -0.379 e. The van der Waals surface area contributed by atoms with Crippen LogP contribution in [0.5, 0.6) is 0 Å². The number of hydrogen-bond acceptors (Lipinski definition) is 7. The maximum absolute atomic E-state index is 13.6. The van der Waals surface area contributed by atoms with E-state index in [4.69, 9.17) is 9.72 Å². The van der Waals surface area contributed by atoms with E-state index < -0.39 is 15.1 Å². The Kier molecular flexibility index (Phi) is 10.1. The van der Waals surface area contributed by atoms with E-state index in [1.54, 1.807) is 54.3 Å². The van der Waals surface area contributed by atoms with Gasteiger partial charge in [-0.1, -0.05) is 29.5 Å². The van der Waals surface area contributed by atoms with E-state index in [9.17, 15) is 13.2 Å². The van der Waals surface area contributed by atoms with Crippen LogP contribution < -0.4 is 4.90 Å². The summed E-state index contributed by atoms with van der Waals surface area (Å²) in [4.78, 5) is 22.9. The highest BCUT2D eigenvalue weighted by Crippen LogP contribution is 2.32. The number of anilines is 1. The number of aryl methyl sites for hydroxylation is 2. The van der Waals surface area contributed by atoms with Crippen molar-refractivity contribution in [2.24, 2.45) is 0 Å². The molecule has 2 aromatic carbocycles. The van der Waals surface area contributed by atoms with Gasteiger partial charge in [0.1, 0.15) is 0 Å². The van der Waals surface area contributed by atoms with Crippen LogP contribution >= 0.6 is 23.7 Å². The van der Waals surface area contributed by atoms with Crippen molar-refractivity contribution in [2.45, 2.75) is 50.7 Å². The van der Waals surface area contributed by atoms with Crippen molar-refractivity contribution >= 4 is 54.8 Å². The van der Waals surface area contributed by atoms with Gasteiger partial charge in [-0.25, -0.2) is 13.4 Å². The smallest absolute Gasteiger partial charge is 0.233 e. The van der Waals surface area contributed by atoms with Crippen LogP contribution in [0.4, 0.5) is 5.13 Å². The van der Waals surface area contributed by atoms with Crippen molar-refractivity contribution in [3.63, 3.8) is 0 Å². The summed E-state index contributed by atoms with van der Waals surface area (Å²) in [6, 6.07) is 10.9. The van der Waals surface area contributed by atoms with Crippen molar-refractivity contribution in [1.29, 1.82) is 0 Å². The summed E-state index contributed by atoms with van der Waals surface area (Å²) in [6.07, 6.45) is 1.03. The average molecular weight is 566 g/mol. The standard InChI is InChI=1S/C27H35N3O4S2.ClH/c1-19(2)36(32,33)23-8-6-22(7-9-23)18-25(31)30(11-5-10-29-12-14-34-15-13-29)27-28-26-21(4)16-20(3)17-24(26)35-27;/h6-9,16-17,19H,5,10-15,18H2,1-4H3;1H. The molecule has 2 heterocycles. The van der Waals surface area contributed by atoms with Crippen molar-refractivity contribution in [2.75, 3.05) is 44.3 Å². The summed E-state index contributed by atoms with van der Waals surface area (Å²) in [7, 11) is -3.34. The van der Waals surface area contributed by atoms with Crippen LogP contribution in [0.2, 0.25) is 0 Å². The lowest BCUT2D eigenvalue weighted by molar-refractivity contribution is -0.118. The Labute approximate surface area is 230 Å². The van der Waals surface area contributed by atoms with Crippen LogP contribution in [0, 0.1) is 13.8 Å². The van der Waals surface area contributed by atoms with Crippen molar-refractivity contribution in [1.82, 2.24) is 9.88 Å². The number of thiazole rings is 1. The zero-order valence-electron chi connectivity index (χ0n) is 21.9. The van der Waals surface area contributed by atoms with E-state index >= 15 is 0 Å². The van der Waals surface area contributed by atoms with Crippen LogP contribution in [0.15, 0.2) is 41.3 Å². The molecule has 0 atom stereocenters. The minimum absolute atomic E-state index is 0. The monoisotopic (exact) mass is 565 g/mol. The molecule has 1 fully saturated rings. The van der Waals surface area contributed by atoms with Crippen molar-refractivity contribution < 1.29 is 17.9 Å². The summed E-state index contributed by atoms with van der Waals surface area (Å²) >= 11 is 1.55. The summed E-state index contributed by atoms with van der Waals surface area (Å²) in [5, 5.41) is 0.225. The molecule has 202 valence electrons. The summed E-state index contributed by atoms with van der Waals surface area (Å²) < 4.78 is 31.4. The predicted molar refractivity (Wildman–Crippen MR) is 153 cm³/mol. The number of nitrogens with zero attached hydrogens (tertiary/aromatic N) is 3. The number of halogens is 1. The second-order valence-electron chi connectivity index (χ2n) is 9.69. The van der Waals surface area contributed by atoms with Gasteiger partial charge in [-0.05, 0) is 69.0 Å². The highest BCUT2D eigenvalue weighted by atomic mass is 35.5. The van der Waals surface area contributed by atoms with Gasteiger partial charge in [0, 0.05) is 26.2 Å². The fourth-order valence-electron chi connectivity index (χ4n) is 4.42. The normalized spacial score (nSPS) is 14.6. The molecule has 0 radical (unpaired) electrons. The molecular weight excluding hydrogens is 530 g/mol. The quantitative estimate of drug-likeness (QED) is 0.370. The number of morpholine rings is 1. The fraction of sp³-hybridized carbons (Fsp3) is 0.481. The second-order valence-corrected chi connectivity index (χ2v) is 13.2. The van der Waals surface area contributed by atoms with Crippen LogP contribution in [0.25, 0.3) is 10.2 Å². The van der Waals surface area contributed by atoms with Crippen LogP contribution in [-0.2, 0) is 25.8 Å². The molecule has 7 nitrogen and oxygen atoms in total. The Bertz CT molecular complexity index is 1320. The van der Waals surface area contributed by atoms with E-state index in [-0.39, 0.29) is 29.6 Å². The van der Waals surface area contributed by atoms with Gasteiger partial charge in [0.2, 0.25) is 5.91 Å². The zero-order chi connectivity index (χ0) is 25.9. The third-order valence-electron chi connectivity index (χ3n) is 6.54. The van der Waals surface area contributed by atoms with E-state index in [2.05, 4.69) is 30.9 Å². The number of ether oxygens (including phenoxy) is 1. The molecule has 0 unspecified atom stereocenters. The molecule has 10 heteroatoms. The first-order chi connectivity index (χ1) is 17.1. The second kappa shape index (κ2) is 12.7. The number of amides is 1. The van der Waals surface area contributed by atoms with Gasteiger partial charge in [0.25, 0.3) is 0 Å².